The molecule has 1 aliphatic carbocycles. The molecule has 0 heterocycles. The molecule has 0 amide bonds. The lowest BCUT2D eigenvalue weighted by Gasteiger charge is -2.16. The summed E-state index contributed by atoms with van der Waals surface area (Å²) in [6.07, 6.45) is 0.739. The number of nitriles is 1. The van der Waals surface area contributed by atoms with E-state index in [1.54, 1.807) is 19.1 Å². The Labute approximate surface area is 146 Å². The van der Waals surface area contributed by atoms with Crippen molar-refractivity contribution in [1.82, 2.24) is 0 Å². The van der Waals surface area contributed by atoms with E-state index in [1.807, 2.05) is 6.07 Å². The molecule has 1 N–H and O–H groups in total. The number of halogens is 1. The van der Waals surface area contributed by atoms with Gasteiger partial charge in [-0.3, -0.25) is 4.79 Å². The minimum atomic E-state index is -2.10. The summed E-state index contributed by atoms with van der Waals surface area (Å²) in [5, 5.41) is 8.22. The van der Waals surface area contributed by atoms with Crippen molar-refractivity contribution >= 4 is 16.9 Å². The average molecular weight is 359 g/mol. The number of fused-ring (bicyclic) bond motifs is 1. The first kappa shape index (κ1) is 17.3. The predicted molar refractivity (Wildman–Crippen MR) is 89.5 cm³/mol. The number of nitrogens with zero attached hydrogens (tertiary/aromatic N) is 1. The van der Waals surface area contributed by atoms with Crippen LogP contribution in [0.5, 0.6) is 11.5 Å². The van der Waals surface area contributed by atoms with E-state index in [0.29, 0.717) is 35.3 Å². The number of rotatable bonds is 4. The quantitative estimate of drug-likeness (QED) is 0.837. The molecular weight excluding hydrogens is 345 g/mol. The highest BCUT2D eigenvalue weighted by Crippen LogP contribution is 2.38. The van der Waals surface area contributed by atoms with Crippen LogP contribution in [0.15, 0.2) is 30.3 Å². The van der Waals surface area contributed by atoms with Gasteiger partial charge in [-0.1, -0.05) is 6.07 Å². The molecule has 2 aromatic rings. The Morgan fingerprint density at radius 3 is 2.76 bits per heavy atom. The van der Waals surface area contributed by atoms with Crippen LogP contribution < -0.4 is 4.74 Å². The van der Waals surface area contributed by atoms with Crippen LogP contribution in [0.25, 0.3) is 0 Å². The molecule has 2 unspecified atom stereocenters. The summed E-state index contributed by atoms with van der Waals surface area (Å²) in [5.41, 5.74) is 1.68. The van der Waals surface area contributed by atoms with E-state index in [2.05, 4.69) is 0 Å². The maximum Gasteiger partial charge on any atom is 0.163 e. The van der Waals surface area contributed by atoms with Crippen LogP contribution in [0.1, 0.15) is 45.6 Å². The summed E-state index contributed by atoms with van der Waals surface area (Å²) >= 11 is -2.10. The fourth-order valence-corrected chi connectivity index (χ4v) is 3.36. The minimum absolute atomic E-state index is 0.107. The third kappa shape index (κ3) is 3.31. The van der Waals surface area contributed by atoms with E-state index in [0.717, 1.165) is 12.1 Å². The zero-order chi connectivity index (χ0) is 18.1. The molecule has 0 saturated carbocycles. The maximum atomic E-state index is 13.6. The number of Topliss-reactive ketones (excluding diaryl/α,β-unsaturated/α-hetero) is 1. The van der Waals surface area contributed by atoms with Gasteiger partial charge in [-0.05, 0) is 37.1 Å². The van der Waals surface area contributed by atoms with Crippen LogP contribution in [0.3, 0.4) is 0 Å². The third-order valence-corrected chi connectivity index (χ3v) is 5.01. The fourth-order valence-electron chi connectivity index (χ4n) is 2.94. The van der Waals surface area contributed by atoms with Gasteiger partial charge >= 0.3 is 0 Å². The number of hydrogen-bond acceptors (Lipinski definition) is 4. The highest BCUT2D eigenvalue weighted by atomic mass is 32.2. The molecule has 3 rings (SSSR count). The lowest BCUT2D eigenvalue weighted by molar-refractivity contribution is 0.0993. The second-order valence-electron chi connectivity index (χ2n) is 5.74. The predicted octanol–water partition coefficient (Wildman–Crippen LogP) is 3.90. The normalized spacial score (nSPS) is 15.4. The first-order valence-corrected chi connectivity index (χ1v) is 8.75. The molecule has 0 radical (unpaired) electrons. The molecule has 2 atom stereocenters. The maximum absolute atomic E-state index is 13.6. The zero-order valence-electron chi connectivity index (χ0n) is 13.3. The van der Waals surface area contributed by atoms with Gasteiger partial charge in [0.05, 0.1) is 16.9 Å². The van der Waals surface area contributed by atoms with Crippen molar-refractivity contribution in [2.75, 3.05) is 0 Å². The van der Waals surface area contributed by atoms with Crippen molar-refractivity contribution in [2.24, 2.45) is 0 Å². The van der Waals surface area contributed by atoms with Crippen LogP contribution in [0.4, 0.5) is 4.39 Å². The Morgan fingerprint density at radius 2 is 2.08 bits per heavy atom. The molecule has 0 aromatic heterocycles. The number of ether oxygens (including phenoxy) is 1. The highest BCUT2D eigenvalue weighted by Gasteiger charge is 2.30. The molecule has 7 heteroatoms. The van der Waals surface area contributed by atoms with E-state index < -0.39 is 22.1 Å². The van der Waals surface area contributed by atoms with E-state index in [9.17, 15) is 17.9 Å². The molecule has 0 bridgehead atoms. The molecule has 25 heavy (non-hydrogen) atoms. The largest absolute Gasteiger partial charge is 0.457 e. The number of carbonyl (C=O) groups is 1. The highest BCUT2D eigenvalue weighted by molar-refractivity contribution is 7.79. The SMILES string of the molecule is CC(c1ccc(Oc2cc(F)cc(C#N)c2)c2c1C(=O)CC2)S(=O)O. The molecule has 0 saturated heterocycles. The molecular formula is C18H14FNO4S. The van der Waals surface area contributed by atoms with Crippen LogP contribution >= 0.6 is 0 Å². The lowest BCUT2D eigenvalue weighted by atomic mass is 9.99. The monoisotopic (exact) mass is 359 g/mol. The van der Waals surface area contributed by atoms with Crippen molar-refractivity contribution in [3.05, 3.63) is 58.4 Å². The first-order chi connectivity index (χ1) is 11.9. The van der Waals surface area contributed by atoms with Crippen molar-refractivity contribution in [3.8, 4) is 17.6 Å². The number of benzene rings is 2. The van der Waals surface area contributed by atoms with Crippen LogP contribution in [0.2, 0.25) is 0 Å². The van der Waals surface area contributed by atoms with Crippen LogP contribution in [0, 0.1) is 17.1 Å². The Balaban J connectivity index is 2.05. The van der Waals surface area contributed by atoms with E-state index in [4.69, 9.17) is 10.00 Å². The summed E-state index contributed by atoms with van der Waals surface area (Å²) in [7, 11) is 0. The van der Waals surface area contributed by atoms with Gasteiger partial charge in [0.2, 0.25) is 0 Å². The summed E-state index contributed by atoms with van der Waals surface area (Å²) < 4.78 is 40.0. The van der Waals surface area contributed by atoms with Gasteiger partial charge in [0, 0.05) is 23.6 Å². The molecule has 0 fully saturated rings. The molecule has 1 aliphatic rings. The second-order valence-corrected chi connectivity index (χ2v) is 7.00. The molecule has 128 valence electrons. The zero-order valence-corrected chi connectivity index (χ0v) is 14.1. The standard InChI is InChI=1S/C18H14FNO4S/c1-10(25(22)23)14-3-5-17(15-2-4-16(21)18(14)15)24-13-7-11(9-20)6-12(19)8-13/h3,5-8,10H,2,4H2,1H3,(H,22,23). The lowest BCUT2D eigenvalue weighted by Crippen LogP contribution is -2.08. The van der Waals surface area contributed by atoms with Gasteiger partial charge in [0.25, 0.3) is 0 Å². The van der Waals surface area contributed by atoms with Gasteiger partial charge in [-0.15, -0.1) is 0 Å². The summed E-state index contributed by atoms with van der Waals surface area (Å²) in [6.45, 7) is 1.57. The first-order valence-electron chi connectivity index (χ1n) is 7.58. The smallest absolute Gasteiger partial charge is 0.163 e. The Kier molecular flexibility index (Phi) is 4.66. The van der Waals surface area contributed by atoms with Gasteiger partial charge in [-0.25, -0.2) is 8.60 Å². The van der Waals surface area contributed by atoms with Crippen molar-refractivity contribution in [2.45, 2.75) is 25.0 Å². The van der Waals surface area contributed by atoms with E-state index in [-0.39, 0.29) is 17.1 Å². The van der Waals surface area contributed by atoms with Gasteiger partial charge in [0.15, 0.2) is 16.9 Å². The van der Waals surface area contributed by atoms with Crippen LogP contribution in [-0.2, 0) is 17.5 Å². The number of hydrogen-bond donors (Lipinski definition) is 1. The van der Waals surface area contributed by atoms with Gasteiger partial charge in [0.1, 0.15) is 17.3 Å². The Hall–Kier alpha value is -2.56. The third-order valence-electron chi connectivity index (χ3n) is 4.15. The number of ketones is 1. The summed E-state index contributed by atoms with van der Waals surface area (Å²) in [5.74, 6) is -0.160. The number of carbonyl (C=O) groups excluding carboxylic acids is 1. The Morgan fingerprint density at radius 1 is 1.32 bits per heavy atom. The van der Waals surface area contributed by atoms with Gasteiger partial charge < -0.3 is 9.29 Å². The minimum Gasteiger partial charge on any atom is -0.457 e. The summed E-state index contributed by atoms with van der Waals surface area (Å²) in [6, 6.07) is 8.71. The van der Waals surface area contributed by atoms with Gasteiger partial charge in [-0.2, -0.15) is 5.26 Å². The van der Waals surface area contributed by atoms with Crippen molar-refractivity contribution in [3.63, 3.8) is 0 Å². The average Bonchev–Trinajstić information content (AvgIpc) is 2.96. The van der Waals surface area contributed by atoms with E-state index in [1.165, 1.54) is 6.07 Å². The second kappa shape index (κ2) is 6.75. The Bertz CT molecular complexity index is 935. The topological polar surface area (TPSA) is 87.4 Å². The fraction of sp³-hybridized carbons (Fsp3) is 0.222. The van der Waals surface area contributed by atoms with Crippen molar-refractivity contribution < 1.29 is 22.7 Å². The van der Waals surface area contributed by atoms with Crippen LogP contribution in [-0.4, -0.2) is 14.5 Å². The van der Waals surface area contributed by atoms with E-state index >= 15 is 0 Å². The summed E-state index contributed by atoms with van der Waals surface area (Å²) in [4.78, 5) is 12.2. The van der Waals surface area contributed by atoms with Crippen molar-refractivity contribution in [1.29, 1.82) is 5.26 Å². The molecule has 0 aliphatic heterocycles. The molecule has 5 nitrogen and oxygen atoms in total. The molecule has 2 aromatic carbocycles. The molecule has 0 spiro atoms.